The molecule has 0 radical (unpaired) electrons. The monoisotopic (exact) mass is 191 g/mol. The Hall–Kier alpha value is -0.930. The molecule has 14 heavy (non-hydrogen) atoms. The zero-order valence-corrected chi connectivity index (χ0v) is 8.77. The van der Waals surface area contributed by atoms with E-state index < -0.39 is 0 Å². The standard InChI is InChI=1S/C11H17N3/c1-9-11(13-7-8-14(9)2)10-3-5-12-6-4-10/h3-6,9,11,13H,7-8H2,1-2H3. The highest BCUT2D eigenvalue weighted by molar-refractivity contribution is 5.17. The summed E-state index contributed by atoms with van der Waals surface area (Å²) in [6.07, 6.45) is 3.72. The van der Waals surface area contributed by atoms with Crippen LogP contribution < -0.4 is 5.32 Å². The van der Waals surface area contributed by atoms with Crippen molar-refractivity contribution in [2.45, 2.75) is 19.0 Å². The summed E-state index contributed by atoms with van der Waals surface area (Å²) in [5.41, 5.74) is 1.33. The van der Waals surface area contributed by atoms with Gasteiger partial charge < -0.3 is 10.2 Å². The van der Waals surface area contributed by atoms with Gasteiger partial charge >= 0.3 is 0 Å². The van der Waals surface area contributed by atoms with Gasteiger partial charge in [0, 0.05) is 37.6 Å². The molecule has 0 bridgehead atoms. The van der Waals surface area contributed by atoms with Crippen molar-refractivity contribution in [3.63, 3.8) is 0 Å². The summed E-state index contributed by atoms with van der Waals surface area (Å²) in [5, 5.41) is 3.55. The van der Waals surface area contributed by atoms with Crippen molar-refractivity contribution >= 4 is 0 Å². The highest BCUT2D eigenvalue weighted by atomic mass is 15.2. The molecule has 0 aromatic carbocycles. The lowest BCUT2D eigenvalue weighted by Crippen LogP contribution is -2.49. The van der Waals surface area contributed by atoms with Crippen molar-refractivity contribution in [1.29, 1.82) is 0 Å². The minimum Gasteiger partial charge on any atom is -0.307 e. The van der Waals surface area contributed by atoms with Gasteiger partial charge in [0.25, 0.3) is 0 Å². The number of hydrogen-bond donors (Lipinski definition) is 1. The quantitative estimate of drug-likeness (QED) is 0.719. The molecule has 1 aliphatic rings. The first-order valence-corrected chi connectivity index (χ1v) is 5.12. The minimum absolute atomic E-state index is 0.441. The minimum atomic E-state index is 0.441. The predicted molar refractivity (Wildman–Crippen MR) is 57.1 cm³/mol. The molecule has 0 amide bonds. The number of aromatic nitrogens is 1. The van der Waals surface area contributed by atoms with Gasteiger partial charge in [-0.05, 0) is 31.7 Å². The number of hydrogen-bond acceptors (Lipinski definition) is 3. The van der Waals surface area contributed by atoms with Crippen LogP contribution in [0.15, 0.2) is 24.5 Å². The van der Waals surface area contributed by atoms with Gasteiger partial charge in [0.15, 0.2) is 0 Å². The van der Waals surface area contributed by atoms with Crippen LogP contribution in [0.3, 0.4) is 0 Å². The normalized spacial score (nSPS) is 29.0. The van der Waals surface area contributed by atoms with E-state index in [1.807, 2.05) is 12.4 Å². The van der Waals surface area contributed by atoms with E-state index in [4.69, 9.17) is 0 Å². The number of likely N-dealkylation sites (N-methyl/N-ethyl adjacent to an activating group) is 1. The topological polar surface area (TPSA) is 28.2 Å². The molecule has 1 saturated heterocycles. The van der Waals surface area contributed by atoms with Gasteiger partial charge in [-0.2, -0.15) is 0 Å². The van der Waals surface area contributed by atoms with E-state index in [0.717, 1.165) is 13.1 Å². The number of nitrogens with one attached hydrogen (secondary N) is 1. The van der Waals surface area contributed by atoms with E-state index >= 15 is 0 Å². The van der Waals surface area contributed by atoms with Crippen LogP contribution in [0.1, 0.15) is 18.5 Å². The molecule has 0 spiro atoms. The second-order valence-electron chi connectivity index (χ2n) is 3.93. The number of rotatable bonds is 1. The average Bonchev–Trinajstić information content (AvgIpc) is 2.23. The Morgan fingerprint density at radius 2 is 2.14 bits per heavy atom. The lowest BCUT2D eigenvalue weighted by atomic mass is 9.98. The third-order valence-corrected chi connectivity index (χ3v) is 3.07. The lowest BCUT2D eigenvalue weighted by molar-refractivity contribution is 0.164. The Morgan fingerprint density at radius 3 is 2.86 bits per heavy atom. The second kappa shape index (κ2) is 4.07. The Balaban J connectivity index is 2.17. The summed E-state index contributed by atoms with van der Waals surface area (Å²) in [4.78, 5) is 6.43. The zero-order chi connectivity index (χ0) is 9.97. The molecule has 1 aromatic heterocycles. The van der Waals surface area contributed by atoms with Crippen LogP contribution in [0.25, 0.3) is 0 Å². The second-order valence-corrected chi connectivity index (χ2v) is 3.93. The van der Waals surface area contributed by atoms with E-state index in [2.05, 4.69) is 41.3 Å². The molecular weight excluding hydrogens is 174 g/mol. The van der Waals surface area contributed by atoms with Crippen molar-refractivity contribution in [3.8, 4) is 0 Å². The van der Waals surface area contributed by atoms with Crippen molar-refractivity contribution in [3.05, 3.63) is 30.1 Å². The molecule has 3 nitrogen and oxygen atoms in total. The largest absolute Gasteiger partial charge is 0.307 e. The number of pyridine rings is 1. The molecule has 2 unspecified atom stereocenters. The Kier molecular flexibility index (Phi) is 2.79. The smallest absolute Gasteiger partial charge is 0.0476 e. The summed E-state index contributed by atoms with van der Waals surface area (Å²) < 4.78 is 0. The molecule has 2 heterocycles. The summed E-state index contributed by atoms with van der Waals surface area (Å²) in [7, 11) is 2.18. The Bertz CT molecular complexity index is 286. The maximum absolute atomic E-state index is 4.04. The Labute approximate surface area is 85.1 Å². The van der Waals surface area contributed by atoms with Crippen molar-refractivity contribution < 1.29 is 0 Å². The van der Waals surface area contributed by atoms with Crippen molar-refractivity contribution in [2.75, 3.05) is 20.1 Å². The number of piperazine rings is 1. The molecule has 2 atom stereocenters. The van der Waals surface area contributed by atoms with Gasteiger partial charge in [-0.25, -0.2) is 0 Å². The highest BCUT2D eigenvalue weighted by Crippen LogP contribution is 2.21. The van der Waals surface area contributed by atoms with Gasteiger partial charge in [0.1, 0.15) is 0 Å². The maximum atomic E-state index is 4.04. The van der Waals surface area contributed by atoms with Gasteiger partial charge in [0.2, 0.25) is 0 Å². The molecule has 0 saturated carbocycles. The van der Waals surface area contributed by atoms with Crippen LogP contribution >= 0.6 is 0 Å². The summed E-state index contributed by atoms with van der Waals surface area (Å²) in [5.74, 6) is 0. The van der Waals surface area contributed by atoms with E-state index in [9.17, 15) is 0 Å². The van der Waals surface area contributed by atoms with Crippen LogP contribution in [0.2, 0.25) is 0 Å². The molecule has 1 fully saturated rings. The molecule has 1 aliphatic heterocycles. The van der Waals surface area contributed by atoms with Crippen LogP contribution in [-0.2, 0) is 0 Å². The first-order chi connectivity index (χ1) is 6.79. The van der Waals surface area contributed by atoms with E-state index in [0.29, 0.717) is 12.1 Å². The summed E-state index contributed by atoms with van der Waals surface area (Å²) >= 11 is 0. The lowest BCUT2D eigenvalue weighted by Gasteiger charge is -2.38. The van der Waals surface area contributed by atoms with Gasteiger partial charge in [0.05, 0.1) is 0 Å². The summed E-state index contributed by atoms with van der Waals surface area (Å²) in [6, 6.07) is 5.17. The fraction of sp³-hybridized carbons (Fsp3) is 0.545. The molecule has 2 rings (SSSR count). The van der Waals surface area contributed by atoms with Crippen molar-refractivity contribution in [2.24, 2.45) is 0 Å². The van der Waals surface area contributed by atoms with Crippen LogP contribution in [0.4, 0.5) is 0 Å². The average molecular weight is 191 g/mol. The highest BCUT2D eigenvalue weighted by Gasteiger charge is 2.25. The molecule has 1 N–H and O–H groups in total. The molecule has 1 aromatic rings. The first-order valence-electron chi connectivity index (χ1n) is 5.12. The van der Waals surface area contributed by atoms with Gasteiger partial charge in [-0.3, -0.25) is 4.98 Å². The van der Waals surface area contributed by atoms with Gasteiger partial charge in [-0.1, -0.05) is 0 Å². The third-order valence-electron chi connectivity index (χ3n) is 3.07. The van der Waals surface area contributed by atoms with E-state index in [1.54, 1.807) is 0 Å². The van der Waals surface area contributed by atoms with E-state index in [-0.39, 0.29) is 0 Å². The third kappa shape index (κ3) is 1.79. The maximum Gasteiger partial charge on any atom is 0.0476 e. The first kappa shape index (κ1) is 9.62. The summed E-state index contributed by atoms with van der Waals surface area (Å²) in [6.45, 7) is 4.45. The van der Waals surface area contributed by atoms with Crippen LogP contribution in [-0.4, -0.2) is 36.1 Å². The fourth-order valence-electron chi connectivity index (χ4n) is 1.99. The van der Waals surface area contributed by atoms with E-state index in [1.165, 1.54) is 5.56 Å². The zero-order valence-electron chi connectivity index (χ0n) is 8.77. The molecule has 76 valence electrons. The molecule has 3 heteroatoms. The fourth-order valence-corrected chi connectivity index (χ4v) is 1.99. The molecule has 0 aliphatic carbocycles. The van der Waals surface area contributed by atoms with Crippen LogP contribution in [0, 0.1) is 0 Å². The molecular formula is C11H17N3. The predicted octanol–water partition coefficient (Wildman–Crippen LogP) is 1.05. The van der Waals surface area contributed by atoms with Gasteiger partial charge in [-0.15, -0.1) is 0 Å². The van der Waals surface area contributed by atoms with Crippen LogP contribution in [0.5, 0.6) is 0 Å². The van der Waals surface area contributed by atoms with Crippen molar-refractivity contribution in [1.82, 2.24) is 15.2 Å². The Morgan fingerprint density at radius 1 is 1.43 bits per heavy atom. The number of nitrogens with zero attached hydrogens (tertiary/aromatic N) is 2. The SMILES string of the molecule is CC1C(c2ccncc2)NCCN1C.